The van der Waals surface area contributed by atoms with Crippen LogP contribution in [0.25, 0.3) is 0 Å². The van der Waals surface area contributed by atoms with Crippen LogP contribution >= 0.6 is 0 Å². The summed E-state index contributed by atoms with van der Waals surface area (Å²) in [5.74, 6) is 0.405. The minimum atomic E-state index is -0.570. The van der Waals surface area contributed by atoms with Crippen LogP contribution in [0.5, 0.6) is 0 Å². The molecule has 2 unspecified atom stereocenters. The zero-order valence-electron chi connectivity index (χ0n) is 11.5. The number of hydrogen-bond donors (Lipinski definition) is 2. The van der Waals surface area contributed by atoms with Crippen LogP contribution in [0.15, 0.2) is 0 Å². The van der Waals surface area contributed by atoms with E-state index in [9.17, 15) is 9.59 Å². The molecule has 0 aromatic rings. The molecule has 0 bridgehead atoms. The molecule has 1 fully saturated rings. The molecule has 1 rings (SSSR count). The summed E-state index contributed by atoms with van der Waals surface area (Å²) in [7, 11) is 1.32. The fraction of sp³-hybridized carbons (Fsp3) is 0.846. The van der Waals surface area contributed by atoms with E-state index < -0.39 is 12.0 Å². The highest BCUT2D eigenvalue weighted by atomic mass is 16.5. The molecule has 0 aliphatic carbocycles. The van der Waals surface area contributed by atoms with E-state index in [1.54, 1.807) is 6.92 Å². The zero-order chi connectivity index (χ0) is 13.5. The molecule has 0 aromatic heterocycles. The maximum Gasteiger partial charge on any atom is 0.328 e. The third-order valence-electron chi connectivity index (χ3n) is 3.58. The summed E-state index contributed by atoms with van der Waals surface area (Å²) in [5.41, 5.74) is 0. The zero-order valence-corrected chi connectivity index (χ0v) is 11.5. The monoisotopic (exact) mass is 256 g/mol. The highest BCUT2D eigenvalue weighted by molar-refractivity contribution is 5.84. The molecule has 0 aromatic carbocycles. The van der Waals surface area contributed by atoms with Crippen molar-refractivity contribution in [1.29, 1.82) is 0 Å². The van der Waals surface area contributed by atoms with E-state index in [4.69, 9.17) is 0 Å². The summed E-state index contributed by atoms with van der Waals surface area (Å²) >= 11 is 0. The Kier molecular flexibility index (Phi) is 6.12. The van der Waals surface area contributed by atoms with Gasteiger partial charge in [-0.05, 0) is 44.7 Å². The number of rotatable bonds is 5. The first-order valence-corrected chi connectivity index (χ1v) is 6.62. The Balaban J connectivity index is 2.32. The third-order valence-corrected chi connectivity index (χ3v) is 3.58. The van der Waals surface area contributed by atoms with E-state index >= 15 is 0 Å². The molecule has 3 atom stereocenters. The molecular weight excluding hydrogens is 232 g/mol. The lowest BCUT2D eigenvalue weighted by atomic mass is 9.85. The maximum absolute atomic E-state index is 11.8. The Morgan fingerprint density at radius 1 is 1.44 bits per heavy atom. The Bertz CT molecular complexity index is 288. The average Bonchev–Trinajstić information content (AvgIpc) is 2.38. The van der Waals surface area contributed by atoms with Crippen molar-refractivity contribution < 1.29 is 14.3 Å². The van der Waals surface area contributed by atoms with Crippen LogP contribution in [0.3, 0.4) is 0 Å². The number of carbonyl (C=O) groups excluding carboxylic acids is 2. The van der Waals surface area contributed by atoms with Crippen molar-refractivity contribution in [2.24, 2.45) is 11.8 Å². The second-order valence-electron chi connectivity index (χ2n) is 5.10. The van der Waals surface area contributed by atoms with E-state index in [-0.39, 0.29) is 5.91 Å². The summed E-state index contributed by atoms with van der Waals surface area (Å²) in [5, 5.41) is 6.02. The van der Waals surface area contributed by atoms with Crippen molar-refractivity contribution in [2.75, 3.05) is 20.2 Å². The number of esters is 1. The molecule has 18 heavy (non-hydrogen) atoms. The first-order valence-electron chi connectivity index (χ1n) is 6.62. The minimum absolute atomic E-state index is 0.0778. The van der Waals surface area contributed by atoms with Gasteiger partial charge < -0.3 is 15.4 Å². The quantitative estimate of drug-likeness (QED) is 0.710. The van der Waals surface area contributed by atoms with Gasteiger partial charge >= 0.3 is 5.97 Å². The number of carbonyl (C=O) groups is 2. The second-order valence-corrected chi connectivity index (χ2v) is 5.10. The van der Waals surface area contributed by atoms with Crippen LogP contribution in [0.4, 0.5) is 0 Å². The highest BCUT2D eigenvalue weighted by Crippen LogP contribution is 2.22. The van der Waals surface area contributed by atoms with E-state index in [1.807, 2.05) is 0 Å². The van der Waals surface area contributed by atoms with Crippen molar-refractivity contribution in [3.63, 3.8) is 0 Å². The fourth-order valence-electron chi connectivity index (χ4n) is 2.36. The molecule has 1 aliphatic heterocycles. The Labute approximate surface area is 109 Å². The van der Waals surface area contributed by atoms with Crippen LogP contribution < -0.4 is 10.6 Å². The molecule has 5 heteroatoms. The summed E-state index contributed by atoms with van der Waals surface area (Å²) < 4.78 is 4.57. The predicted molar refractivity (Wildman–Crippen MR) is 69.0 cm³/mol. The van der Waals surface area contributed by atoms with Crippen molar-refractivity contribution in [2.45, 2.75) is 39.2 Å². The van der Waals surface area contributed by atoms with Crippen LogP contribution in [0, 0.1) is 11.8 Å². The lowest BCUT2D eigenvalue weighted by Crippen LogP contribution is -2.41. The lowest BCUT2D eigenvalue weighted by Gasteiger charge is -2.28. The molecular formula is C13H24N2O3. The first-order chi connectivity index (χ1) is 8.54. The third kappa shape index (κ3) is 4.64. The normalized spacial score (nSPS) is 22.9. The van der Waals surface area contributed by atoms with Gasteiger partial charge in [-0.2, -0.15) is 0 Å². The molecule has 5 nitrogen and oxygen atoms in total. The van der Waals surface area contributed by atoms with Gasteiger partial charge in [-0.15, -0.1) is 0 Å². The predicted octanol–water partition coefficient (Wildman–Crippen LogP) is 0.690. The molecule has 104 valence electrons. The largest absolute Gasteiger partial charge is 0.467 e. The SMILES string of the molecule is COC(=O)[C@H](C)NC(=O)CC(C)C1CCCNC1. The Hall–Kier alpha value is -1.10. The number of methoxy groups -OCH3 is 1. The van der Waals surface area contributed by atoms with Gasteiger partial charge in [0.05, 0.1) is 7.11 Å². The standard InChI is InChI=1S/C13H24N2O3/c1-9(11-5-4-6-14-8-11)7-12(16)15-10(2)13(17)18-3/h9-11,14H,4-8H2,1-3H3,(H,15,16)/t9?,10-,11?/m0/s1. The fourth-order valence-corrected chi connectivity index (χ4v) is 2.36. The van der Waals surface area contributed by atoms with E-state index in [0.29, 0.717) is 18.3 Å². The number of amides is 1. The van der Waals surface area contributed by atoms with Gasteiger partial charge in [-0.3, -0.25) is 4.79 Å². The number of nitrogens with one attached hydrogen (secondary N) is 2. The first kappa shape index (κ1) is 15.0. The Morgan fingerprint density at radius 3 is 2.72 bits per heavy atom. The Morgan fingerprint density at radius 2 is 2.17 bits per heavy atom. The van der Waals surface area contributed by atoms with Crippen LogP contribution in [-0.4, -0.2) is 38.1 Å². The van der Waals surface area contributed by atoms with Crippen molar-refractivity contribution in [3.05, 3.63) is 0 Å². The topological polar surface area (TPSA) is 67.4 Å². The van der Waals surface area contributed by atoms with Gasteiger partial charge in [0, 0.05) is 6.42 Å². The molecule has 1 saturated heterocycles. The van der Waals surface area contributed by atoms with E-state index in [2.05, 4.69) is 22.3 Å². The van der Waals surface area contributed by atoms with Gasteiger partial charge in [0.2, 0.25) is 5.91 Å². The molecule has 1 aliphatic rings. The molecule has 1 amide bonds. The summed E-state index contributed by atoms with van der Waals surface area (Å²) in [6.07, 6.45) is 2.82. The van der Waals surface area contributed by atoms with Gasteiger partial charge in [-0.1, -0.05) is 6.92 Å². The van der Waals surface area contributed by atoms with E-state index in [0.717, 1.165) is 13.1 Å². The molecule has 0 radical (unpaired) electrons. The second kappa shape index (κ2) is 7.36. The van der Waals surface area contributed by atoms with Gasteiger partial charge in [0.25, 0.3) is 0 Å². The van der Waals surface area contributed by atoms with Gasteiger partial charge in [0.15, 0.2) is 0 Å². The van der Waals surface area contributed by atoms with Crippen molar-refractivity contribution >= 4 is 11.9 Å². The van der Waals surface area contributed by atoms with Gasteiger partial charge in [0.1, 0.15) is 6.04 Å². The van der Waals surface area contributed by atoms with Crippen molar-refractivity contribution in [1.82, 2.24) is 10.6 Å². The number of ether oxygens (including phenoxy) is 1. The lowest BCUT2D eigenvalue weighted by molar-refractivity contribution is -0.144. The number of piperidine rings is 1. The van der Waals surface area contributed by atoms with Crippen LogP contribution in [0.2, 0.25) is 0 Å². The summed E-state index contributed by atoms with van der Waals surface area (Å²) in [6.45, 7) is 5.80. The number of hydrogen-bond acceptors (Lipinski definition) is 4. The van der Waals surface area contributed by atoms with Crippen LogP contribution in [0.1, 0.15) is 33.1 Å². The smallest absolute Gasteiger partial charge is 0.328 e. The molecule has 2 N–H and O–H groups in total. The van der Waals surface area contributed by atoms with Crippen molar-refractivity contribution in [3.8, 4) is 0 Å². The maximum atomic E-state index is 11.8. The summed E-state index contributed by atoms with van der Waals surface area (Å²) in [4.78, 5) is 23.0. The molecule has 1 heterocycles. The van der Waals surface area contributed by atoms with Crippen LogP contribution in [-0.2, 0) is 14.3 Å². The van der Waals surface area contributed by atoms with E-state index in [1.165, 1.54) is 20.0 Å². The average molecular weight is 256 g/mol. The highest BCUT2D eigenvalue weighted by Gasteiger charge is 2.23. The molecule has 0 spiro atoms. The van der Waals surface area contributed by atoms with Gasteiger partial charge in [-0.25, -0.2) is 4.79 Å². The minimum Gasteiger partial charge on any atom is -0.467 e. The summed E-state index contributed by atoms with van der Waals surface area (Å²) in [6, 6.07) is -0.570. The molecule has 0 saturated carbocycles.